The molecule has 5 nitrogen and oxygen atoms in total. The van der Waals surface area contributed by atoms with Crippen molar-refractivity contribution in [2.45, 2.75) is 56.6 Å². The van der Waals surface area contributed by atoms with Gasteiger partial charge >= 0.3 is 0 Å². The maximum Gasteiger partial charge on any atom is 0.248 e. The molecule has 1 aromatic heterocycles. The van der Waals surface area contributed by atoms with E-state index < -0.39 is 5.25 Å². The van der Waals surface area contributed by atoms with Crippen molar-refractivity contribution < 1.29 is 9.59 Å². The minimum atomic E-state index is -0.493. The smallest absolute Gasteiger partial charge is 0.248 e. The summed E-state index contributed by atoms with van der Waals surface area (Å²) in [5.74, 6) is 0.0543. The number of hydrogen-bond acceptors (Lipinski definition) is 6. The van der Waals surface area contributed by atoms with Crippen LogP contribution in [0.15, 0.2) is 29.2 Å². The van der Waals surface area contributed by atoms with E-state index in [0.29, 0.717) is 22.2 Å². The SMILES string of the molecule is CC(C)(C)C1CCc2c(sc(N3C(=O)CC(Sc4cccc(N)c4)C3=O)c2C#N)C1. The molecular formula is C23H25N3O2S2. The molecule has 0 saturated carbocycles. The number of nitrogens with two attached hydrogens (primary N) is 1. The number of benzene rings is 1. The summed E-state index contributed by atoms with van der Waals surface area (Å²) in [6.07, 6.45) is 2.89. The second kappa shape index (κ2) is 7.75. The Balaban J connectivity index is 1.63. The van der Waals surface area contributed by atoms with Gasteiger partial charge in [0.25, 0.3) is 0 Å². The van der Waals surface area contributed by atoms with Crippen molar-refractivity contribution in [3.05, 3.63) is 40.3 Å². The first-order valence-corrected chi connectivity index (χ1v) is 11.8. The summed E-state index contributed by atoms with van der Waals surface area (Å²) in [4.78, 5) is 29.3. The molecule has 2 aliphatic rings. The fourth-order valence-electron chi connectivity index (χ4n) is 4.25. The fourth-order valence-corrected chi connectivity index (χ4v) is 6.77. The van der Waals surface area contributed by atoms with Gasteiger partial charge in [-0.05, 0) is 54.4 Å². The third kappa shape index (κ3) is 3.75. The third-order valence-electron chi connectivity index (χ3n) is 6.03. The number of nitriles is 1. The number of thiophene rings is 1. The number of imide groups is 1. The van der Waals surface area contributed by atoms with E-state index >= 15 is 0 Å². The molecule has 7 heteroatoms. The van der Waals surface area contributed by atoms with Crippen LogP contribution in [0.4, 0.5) is 10.7 Å². The van der Waals surface area contributed by atoms with Crippen molar-refractivity contribution in [3.8, 4) is 6.07 Å². The van der Waals surface area contributed by atoms with Crippen LogP contribution in [-0.4, -0.2) is 17.1 Å². The monoisotopic (exact) mass is 439 g/mol. The highest BCUT2D eigenvalue weighted by molar-refractivity contribution is 8.00. The zero-order valence-electron chi connectivity index (χ0n) is 17.4. The van der Waals surface area contributed by atoms with Crippen molar-refractivity contribution in [1.82, 2.24) is 0 Å². The number of nitrogen functional groups attached to an aromatic ring is 1. The molecule has 4 rings (SSSR count). The lowest BCUT2D eigenvalue weighted by atomic mass is 9.72. The Morgan fingerprint density at radius 1 is 1.27 bits per heavy atom. The van der Waals surface area contributed by atoms with E-state index in [1.54, 1.807) is 6.07 Å². The van der Waals surface area contributed by atoms with Gasteiger partial charge in [-0.25, -0.2) is 4.90 Å². The molecule has 2 N–H and O–H groups in total. The summed E-state index contributed by atoms with van der Waals surface area (Å²) >= 11 is 2.81. The Hall–Kier alpha value is -2.30. The number of carbonyl (C=O) groups is 2. The Kier molecular flexibility index (Phi) is 5.41. The number of rotatable bonds is 3. The van der Waals surface area contributed by atoms with E-state index in [0.717, 1.165) is 34.6 Å². The molecule has 2 aromatic rings. The highest BCUT2D eigenvalue weighted by Crippen LogP contribution is 2.46. The van der Waals surface area contributed by atoms with E-state index in [9.17, 15) is 14.9 Å². The molecule has 30 heavy (non-hydrogen) atoms. The van der Waals surface area contributed by atoms with E-state index in [4.69, 9.17) is 5.73 Å². The largest absolute Gasteiger partial charge is 0.399 e. The van der Waals surface area contributed by atoms with Crippen LogP contribution >= 0.6 is 23.1 Å². The molecule has 1 aliphatic carbocycles. The summed E-state index contributed by atoms with van der Waals surface area (Å²) in [7, 11) is 0. The zero-order valence-corrected chi connectivity index (χ0v) is 19.0. The van der Waals surface area contributed by atoms with Crippen LogP contribution in [0.1, 0.15) is 49.6 Å². The molecule has 2 unspecified atom stereocenters. The molecule has 2 heterocycles. The number of hydrogen-bond donors (Lipinski definition) is 1. The molecule has 1 fully saturated rings. The van der Waals surface area contributed by atoms with Gasteiger partial charge in [-0.15, -0.1) is 23.1 Å². The first-order chi connectivity index (χ1) is 14.2. The number of fused-ring (bicyclic) bond motifs is 1. The fraction of sp³-hybridized carbons (Fsp3) is 0.435. The molecule has 2 atom stereocenters. The molecule has 2 amide bonds. The van der Waals surface area contributed by atoms with E-state index in [2.05, 4.69) is 26.8 Å². The van der Waals surface area contributed by atoms with Gasteiger partial charge in [-0.2, -0.15) is 5.26 Å². The summed E-state index contributed by atoms with van der Waals surface area (Å²) < 4.78 is 0. The number of carbonyl (C=O) groups excluding carboxylic acids is 2. The van der Waals surface area contributed by atoms with Crippen LogP contribution in [0, 0.1) is 22.7 Å². The minimum absolute atomic E-state index is 0.135. The number of amides is 2. The van der Waals surface area contributed by atoms with Crippen LogP contribution < -0.4 is 10.6 Å². The Bertz CT molecular complexity index is 1060. The lowest BCUT2D eigenvalue weighted by Crippen LogP contribution is -2.31. The quantitative estimate of drug-likeness (QED) is 0.549. The van der Waals surface area contributed by atoms with Crippen LogP contribution in [0.5, 0.6) is 0 Å². The minimum Gasteiger partial charge on any atom is -0.399 e. The second-order valence-corrected chi connectivity index (χ2v) is 11.4. The topological polar surface area (TPSA) is 87.2 Å². The molecule has 0 spiro atoms. The zero-order chi connectivity index (χ0) is 21.6. The van der Waals surface area contributed by atoms with Crippen molar-refractivity contribution in [3.63, 3.8) is 0 Å². The van der Waals surface area contributed by atoms with Gasteiger partial charge < -0.3 is 5.73 Å². The third-order valence-corrected chi connectivity index (χ3v) is 8.45. The predicted molar refractivity (Wildman–Crippen MR) is 122 cm³/mol. The summed E-state index contributed by atoms with van der Waals surface area (Å²) in [6.45, 7) is 6.73. The van der Waals surface area contributed by atoms with Crippen LogP contribution in [-0.2, 0) is 22.4 Å². The van der Waals surface area contributed by atoms with Crippen LogP contribution in [0.3, 0.4) is 0 Å². The highest BCUT2D eigenvalue weighted by Gasteiger charge is 2.43. The van der Waals surface area contributed by atoms with Gasteiger partial charge in [0.15, 0.2) is 0 Å². The van der Waals surface area contributed by atoms with Gasteiger partial charge in [-0.1, -0.05) is 26.8 Å². The number of thioether (sulfide) groups is 1. The van der Waals surface area contributed by atoms with Crippen molar-refractivity contribution in [2.24, 2.45) is 11.3 Å². The highest BCUT2D eigenvalue weighted by atomic mass is 32.2. The summed E-state index contributed by atoms with van der Waals surface area (Å²) in [5.41, 5.74) is 8.20. The molecular weight excluding hydrogens is 414 g/mol. The van der Waals surface area contributed by atoms with E-state index in [-0.39, 0.29) is 23.7 Å². The molecule has 0 bridgehead atoms. The van der Waals surface area contributed by atoms with Gasteiger partial charge in [0.05, 0.1) is 10.8 Å². The lowest BCUT2D eigenvalue weighted by molar-refractivity contribution is -0.121. The Morgan fingerprint density at radius 3 is 2.70 bits per heavy atom. The first-order valence-electron chi connectivity index (χ1n) is 10.1. The molecule has 1 aromatic carbocycles. The van der Waals surface area contributed by atoms with Crippen LogP contribution in [0.2, 0.25) is 0 Å². The average molecular weight is 440 g/mol. The summed E-state index contributed by atoms with van der Waals surface area (Å²) in [5, 5.41) is 9.87. The van der Waals surface area contributed by atoms with Crippen molar-refractivity contribution in [2.75, 3.05) is 10.6 Å². The number of nitrogens with zero attached hydrogens (tertiary/aromatic N) is 2. The molecule has 156 valence electrons. The second-order valence-electron chi connectivity index (χ2n) is 9.05. The van der Waals surface area contributed by atoms with Gasteiger partial charge in [0.2, 0.25) is 11.8 Å². The predicted octanol–water partition coefficient (Wildman–Crippen LogP) is 4.78. The number of anilines is 2. The molecule has 1 saturated heterocycles. The van der Waals surface area contributed by atoms with Gasteiger partial charge in [-0.3, -0.25) is 9.59 Å². The maximum atomic E-state index is 13.2. The van der Waals surface area contributed by atoms with Gasteiger partial charge in [0, 0.05) is 21.9 Å². The van der Waals surface area contributed by atoms with Crippen molar-refractivity contribution >= 4 is 45.6 Å². The normalized spacial score (nSPS) is 21.6. The lowest BCUT2D eigenvalue weighted by Gasteiger charge is -2.33. The summed E-state index contributed by atoms with van der Waals surface area (Å²) in [6, 6.07) is 9.61. The molecule has 0 radical (unpaired) electrons. The Morgan fingerprint density at radius 2 is 2.03 bits per heavy atom. The maximum absolute atomic E-state index is 13.2. The van der Waals surface area contributed by atoms with E-state index in [1.165, 1.54) is 28.0 Å². The first kappa shape index (κ1) is 21.0. The van der Waals surface area contributed by atoms with Crippen LogP contribution in [0.25, 0.3) is 0 Å². The van der Waals surface area contributed by atoms with Gasteiger partial charge in [0.1, 0.15) is 11.1 Å². The standard InChI is InChI=1S/C23H25N3O2S2/c1-23(2,3)13-7-8-16-17(12-24)22(30-18(16)9-13)26-20(27)11-19(21(26)28)29-15-6-4-5-14(25)10-15/h4-6,10,13,19H,7-9,11,25H2,1-3H3. The molecule has 1 aliphatic heterocycles. The van der Waals surface area contributed by atoms with E-state index in [1.807, 2.05) is 18.2 Å². The Labute approximate surface area is 185 Å². The van der Waals surface area contributed by atoms with Crippen molar-refractivity contribution in [1.29, 1.82) is 5.26 Å². The average Bonchev–Trinajstić information content (AvgIpc) is 3.16.